The van der Waals surface area contributed by atoms with Crippen molar-refractivity contribution in [2.24, 2.45) is 0 Å². The first kappa shape index (κ1) is 10.6. The maximum absolute atomic E-state index is 5.04. The number of rotatable bonds is 3. The van der Waals surface area contributed by atoms with Gasteiger partial charge in [0.25, 0.3) is 0 Å². The predicted octanol–water partition coefficient (Wildman–Crippen LogP) is 2.62. The highest BCUT2D eigenvalue weighted by atomic mass is 127. The molecular formula is C11H11IN2O. The van der Waals surface area contributed by atoms with Gasteiger partial charge in [0.15, 0.2) is 0 Å². The highest BCUT2D eigenvalue weighted by Gasteiger charge is 2.00. The molecule has 2 rings (SSSR count). The quantitative estimate of drug-likeness (QED) is 0.815. The highest BCUT2D eigenvalue weighted by molar-refractivity contribution is 14.1. The van der Waals surface area contributed by atoms with Crippen LogP contribution < -0.4 is 0 Å². The number of halogens is 1. The molecule has 2 aromatic rings. The molecule has 0 unspecified atom stereocenters. The van der Waals surface area contributed by atoms with Crippen LogP contribution in [0.5, 0.6) is 0 Å². The van der Waals surface area contributed by atoms with E-state index >= 15 is 0 Å². The van der Waals surface area contributed by atoms with E-state index in [1.807, 2.05) is 29.2 Å². The Balaban J connectivity index is 2.25. The molecule has 1 aromatic heterocycles. The minimum Gasteiger partial charge on any atom is -0.380 e. The second kappa shape index (κ2) is 4.76. The Labute approximate surface area is 102 Å². The van der Waals surface area contributed by atoms with Crippen molar-refractivity contribution in [1.82, 2.24) is 9.78 Å². The Morgan fingerprint density at radius 1 is 1.33 bits per heavy atom. The van der Waals surface area contributed by atoms with E-state index in [1.165, 1.54) is 3.57 Å². The molecule has 0 amide bonds. The SMILES string of the molecule is COCc1cnn(-c2ccc(I)cc2)c1. The molecule has 3 nitrogen and oxygen atoms in total. The maximum Gasteiger partial charge on any atom is 0.0743 e. The van der Waals surface area contributed by atoms with Gasteiger partial charge in [-0.05, 0) is 46.9 Å². The molecule has 0 atom stereocenters. The number of nitrogens with zero attached hydrogens (tertiary/aromatic N) is 2. The van der Waals surface area contributed by atoms with Gasteiger partial charge < -0.3 is 4.74 Å². The zero-order chi connectivity index (χ0) is 10.7. The second-order valence-corrected chi connectivity index (χ2v) is 4.45. The van der Waals surface area contributed by atoms with Crippen LogP contribution in [0, 0.1) is 3.57 Å². The molecule has 0 aliphatic heterocycles. The average Bonchev–Trinajstić information content (AvgIpc) is 2.68. The second-order valence-electron chi connectivity index (χ2n) is 3.20. The molecule has 0 saturated heterocycles. The van der Waals surface area contributed by atoms with Gasteiger partial charge in [0.1, 0.15) is 0 Å². The Morgan fingerprint density at radius 3 is 2.73 bits per heavy atom. The van der Waals surface area contributed by atoms with Crippen LogP contribution in [0.25, 0.3) is 5.69 Å². The molecule has 0 aliphatic carbocycles. The molecule has 0 radical (unpaired) electrons. The van der Waals surface area contributed by atoms with Crippen molar-refractivity contribution in [3.8, 4) is 5.69 Å². The van der Waals surface area contributed by atoms with Crippen molar-refractivity contribution in [2.45, 2.75) is 6.61 Å². The molecule has 0 fully saturated rings. The van der Waals surface area contributed by atoms with Crippen LogP contribution in [0.3, 0.4) is 0 Å². The van der Waals surface area contributed by atoms with E-state index in [-0.39, 0.29) is 0 Å². The summed E-state index contributed by atoms with van der Waals surface area (Å²) < 4.78 is 8.12. The van der Waals surface area contributed by atoms with Gasteiger partial charge in [-0.3, -0.25) is 0 Å². The summed E-state index contributed by atoms with van der Waals surface area (Å²) in [6.07, 6.45) is 3.80. The minimum absolute atomic E-state index is 0.602. The van der Waals surface area contributed by atoms with Gasteiger partial charge in [0.2, 0.25) is 0 Å². The summed E-state index contributed by atoms with van der Waals surface area (Å²) in [5.74, 6) is 0. The summed E-state index contributed by atoms with van der Waals surface area (Å²) >= 11 is 2.28. The van der Waals surface area contributed by atoms with Gasteiger partial charge in [-0.2, -0.15) is 5.10 Å². The number of methoxy groups -OCH3 is 1. The number of benzene rings is 1. The molecule has 0 saturated carbocycles. The number of aromatic nitrogens is 2. The molecule has 0 N–H and O–H groups in total. The molecule has 4 heteroatoms. The van der Waals surface area contributed by atoms with Crippen molar-refractivity contribution in [1.29, 1.82) is 0 Å². The first-order valence-electron chi connectivity index (χ1n) is 4.58. The Bertz CT molecular complexity index is 436. The lowest BCUT2D eigenvalue weighted by molar-refractivity contribution is 0.185. The highest BCUT2D eigenvalue weighted by Crippen LogP contribution is 2.11. The lowest BCUT2D eigenvalue weighted by atomic mass is 10.3. The minimum atomic E-state index is 0.602. The van der Waals surface area contributed by atoms with Crippen LogP contribution in [-0.2, 0) is 11.3 Å². The Hall–Kier alpha value is -0.880. The van der Waals surface area contributed by atoms with Crippen molar-refractivity contribution in [3.63, 3.8) is 0 Å². The van der Waals surface area contributed by atoms with Gasteiger partial charge in [-0.25, -0.2) is 4.68 Å². The fourth-order valence-corrected chi connectivity index (χ4v) is 1.70. The van der Waals surface area contributed by atoms with Crippen LogP contribution in [0.1, 0.15) is 5.56 Å². The van der Waals surface area contributed by atoms with Gasteiger partial charge in [-0.1, -0.05) is 0 Å². The Morgan fingerprint density at radius 2 is 2.07 bits per heavy atom. The van der Waals surface area contributed by atoms with E-state index in [9.17, 15) is 0 Å². The van der Waals surface area contributed by atoms with E-state index in [1.54, 1.807) is 7.11 Å². The van der Waals surface area contributed by atoms with E-state index in [0.29, 0.717) is 6.61 Å². The summed E-state index contributed by atoms with van der Waals surface area (Å²) in [5.41, 5.74) is 2.15. The smallest absolute Gasteiger partial charge is 0.0743 e. The van der Waals surface area contributed by atoms with Crippen molar-refractivity contribution < 1.29 is 4.74 Å². The van der Waals surface area contributed by atoms with Crippen LogP contribution in [0.4, 0.5) is 0 Å². The van der Waals surface area contributed by atoms with Gasteiger partial charge >= 0.3 is 0 Å². The first-order chi connectivity index (χ1) is 7.29. The summed E-state index contributed by atoms with van der Waals surface area (Å²) in [6.45, 7) is 0.602. The number of hydrogen-bond donors (Lipinski definition) is 0. The largest absolute Gasteiger partial charge is 0.380 e. The van der Waals surface area contributed by atoms with Gasteiger partial charge in [0.05, 0.1) is 18.5 Å². The normalized spacial score (nSPS) is 10.5. The number of ether oxygens (including phenoxy) is 1. The van der Waals surface area contributed by atoms with Gasteiger partial charge in [-0.15, -0.1) is 0 Å². The molecule has 78 valence electrons. The van der Waals surface area contributed by atoms with Gasteiger partial charge in [0, 0.05) is 22.4 Å². The summed E-state index contributed by atoms with van der Waals surface area (Å²) in [5, 5.41) is 4.27. The van der Waals surface area contributed by atoms with Crippen LogP contribution in [0.15, 0.2) is 36.7 Å². The molecule has 1 aromatic carbocycles. The number of hydrogen-bond acceptors (Lipinski definition) is 2. The van der Waals surface area contributed by atoms with Crippen LogP contribution in [-0.4, -0.2) is 16.9 Å². The summed E-state index contributed by atoms with van der Waals surface area (Å²) in [6, 6.07) is 8.22. The lowest BCUT2D eigenvalue weighted by Gasteiger charge is -2.00. The van der Waals surface area contributed by atoms with Crippen LogP contribution in [0.2, 0.25) is 0 Å². The third-order valence-electron chi connectivity index (χ3n) is 2.04. The fourth-order valence-electron chi connectivity index (χ4n) is 1.34. The summed E-state index contributed by atoms with van der Waals surface area (Å²) in [4.78, 5) is 0. The Kier molecular flexibility index (Phi) is 3.37. The zero-order valence-corrected chi connectivity index (χ0v) is 10.5. The molecule has 0 bridgehead atoms. The zero-order valence-electron chi connectivity index (χ0n) is 8.35. The molecule has 0 aliphatic rings. The van der Waals surface area contributed by atoms with Crippen LogP contribution >= 0.6 is 22.6 Å². The van der Waals surface area contributed by atoms with Crippen molar-refractivity contribution >= 4 is 22.6 Å². The monoisotopic (exact) mass is 314 g/mol. The van der Waals surface area contributed by atoms with Crippen molar-refractivity contribution in [3.05, 3.63) is 45.8 Å². The van der Waals surface area contributed by atoms with Crippen molar-refractivity contribution in [2.75, 3.05) is 7.11 Å². The van der Waals surface area contributed by atoms with E-state index in [0.717, 1.165) is 11.3 Å². The molecule has 1 heterocycles. The lowest BCUT2D eigenvalue weighted by Crippen LogP contribution is -1.93. The summed E-state index contributed by atoms with van der Waals surface area (Å²) in [7, 11) is 1.68. The third kappa shape index (κ3) is 2.57. The topological polar surface area (TPSA) is 27.1 Å². The fraction of sp³-hybridized carbons (Fsp3) is 0.182. The molecule has 15 heavy (non-hydrogen) atoms. The molecule has 0 spiro atoms. The third-order valence-corrected chi connectivity index (χ3v) is 2.76. The predicted molar refractivity (Wildman–Crippen MR) is 67.0 cm³/mol. The average molecular weight is 314 g/mol. The molecular weight excluding hydrogens is 303 g/mol. The van der Waals surface area contributed by atoms with E-state index in [2.05, 4.69) is 39.8 Å². The van der Waals surface area contributed by atoms with E-state index < -0.39 is 0 Å². The standard InChI is InChI=1S/C11H11IN2O/c1-15-8-9-6-13-14(7-9)11-4-2-10(12)3-5-11/h2-7H,8H2,1H3. The van der Waals surface area contributed by atoms with E-state index in [4.69, 9.17) is 4.74 Å². The maximum atomic E-state index is 5.04. The first-order valence-corrected chi connectivity index (χ1v) is 5.66.